The smallest absolute Gasteiger partial charge is 0.303 e. The lowest BCUT2D eigenvalue weighted by molar-refractivity contribution is 0.275. The van der Waals surface area contributed by atoms with Crippen molar-refractivity contribution in [3.8, 4) is 0 Å². The Kier molecular flexibility index (Phi) is 7.04. The van der Waals surface area contributed by atoms with E-state index in [2.05, 4.69) is 19.9 Å². The van der Waals surface area contributed by atoms with Crippen LogP contribution in [-0.4, -0.2) is 14.7 Å². The summed E-state index contributed by atoms with van der Waals surface area (Å²) in [7, 11) is -4.64. The molecule has 0 heterocycles. The average molecular weight is 168 g/mol. The molecule has 0 saturated heterocycles. The van der Waals surface area contributed by atoms with Gasteiger partial charge in [-0.15, -0.1) is 0 Å². The summed E-state index contributed by atoms with van der Waals surface area (Å²) in [6, 6.07) is 0. The zero-order valence-corrected chi connectivity index (χ0v) is 7.17. The summed E-state index contributed by atoms with van der Waals surface area (Å²) < 4.78 is 8.88. The number of hydrogen-bond donors (Lipinski definition) is 3. The predicted molar refractivity (Wildman–Crippen MR) is 39.4 cm³/mol. The largest absolute Gasteiger partial charge is 0.466 e. The lowest BCUT2D eigenvalue weighted by Gasteiger charge is -1.82. The molecule has 0 aliphatic rings. The van der Waals surface area contributed by atoms with E-state index in [1.165, 1.54) is 5.57 Å². The van der Waals surface area contributed by atoms with Crippen LogP contribution in [0.2, 0.25) is 0 Å². The third kappa shape index (κ3) is 108. The first-order chi connectivity index (χ1) is 4.27. The van der Waals surface area contributed by atoms with Gasteiger partial charge in [0.1, 0.15) is 0 Å². The van der Waals surface area contributed by atoms with E-state index in [0.717, 1.165) is 0 Å². The molecule has 62 valence electrons. The van der Waals surface area contributed by atoms with Crippen molar-refractivity contribution < 1.29 is 19.2 Å². The highest BCUT2D eigenvalue weighted by molar-refractivity contribution is 7.45. The Labute approximate surface area is 60.4 Å². The fourth-order valence-electron chi connectivity index (χ4n) is 0. The summed E-state index contributed by atoms with van der Waals surface area (Å²) >= 11 is 0. The predicted octanol–water partition coefficient (Wildman–Crippen LogP) is 1.04. The van der Waals surface area contributed by atoms with E-state index in [-0.39, 0.29) is 0 Å². The normalized spacial score (nSPS) is 9.40. The van der Waals surface area contributed by atoms with Gasteiger partial charge in [0.2, 0.25) is 0 Å². The van der Waals surface area contributed by atoms with E-state index in [4.69, 9.17) is 19.2 Å². The average Bonchev–Trinajstić information content (AvgIpc) is 1.61. The molecule has 0 fully saturated rings. The Morgan fingerprint density at radius 2 is 1.40 bits per heavy atom. The minimum Gasteiger partial charge on any atom is -0.303 e. The monoisotopic (exact) mass is 168 g/mol. The van der Waals surface area contributed by atoms with Crippen LogP contribution in [0.5, 0.6) is 0 Å². The highest BCUT2D eigenvalue weighted by Crippen LogP contribution is 2.25. The van der Waals surface area contributed by atoms with Crippen molar-refractivity contribution >= 4 is 7.82 Å². The number of allylic oxidation sites excluding steroid dienone is 2. The van der Waals surface area contributed by atoms with Gasteiger partial charge in [-0.05, 0) is 20.8 Å². The molecule has 0 aliphatic carbocycles. The lowest BCUT2D eigenvalue weighted by atomic mass is 10.3. The molecule has 0 spiro atoms. The summed E-state index contributed by atoms with van der Waals surface area (Å²) in [5, 5.41) is 0. The van der Waals surface area contributed by atoms with E-state index in [0.29, 0.717) is 0 Å². The summed E-state index contributed by atoms with van der Waals surface area (Å²) in [6.45, 7) is 6.20. The van der Waals surface area contributed by atoms with Gasteiger partial charge in [-0.1, -0.05) is 11.6 Å². The SMILES string of the molecule is CC=C(C)C.O=P(O)(O)O. The van der Waals surface area contributed by atoms with Gasteiger partial charge < -0.3 is 14.7 Å². The van der Waals surface area contributed by atoms with Crippen molar-refractivity contribution in [2.45, 2.75) is 20.8 Å². The molecule has 0 aromatic carbocycles. The van der Waals surface area contributed by atoms with Gasteiger partial charge in [-0.2, -0.15) is 0 Å². The maximum atomic E-state index is 8.88. The summed E-state index contributed by atoms with van der Waals surface area (Å²) in [5.41, 5.74) is 1.38. The maximum Gasteiger partial charge on any atom is 0.466 e. The van der Waals surface area contributed by atoms with Crippen molar-refractivity contribution in [1.82, 2.24) is 0 Å². The molecule has 0 atom stereocenters. The van der Waals surface area contributed by atoms with Gasteiger partial charge in [-0.25, -0.2) is 4.57 Å². The van der Waals surface area contributed by atoms with Gasteiger partial charge in [-0.3, -0.25) is 0 Å². The van der Waals surface area contributed by atoms with Crippen molar-refractivity contribution in [3.63, 3.8) is 0 Å². The molecule has 0 aromatic heterocycles. The zero-order chi connectivity index (χ0) is 8.78. The topological polar surface area (TPSA) is 77.8 Å². The third-order valence-electron chi connectivity index (χ3n) is 0.577. The van der Waals surface area contributed by atoms with E-state index in [1.807, 2.05) is 6.92 Å². The van der Waals surface area contributed by atoms with Crippen molar-refractivity contribution in [2.24, 2.45) is 0 Å². The van der Waals surface area contributed by atoms with Gasteiger partial charge >= 0.3 is 7.82 Å². The molecule has 0 aliphatic heterocycles. The van der Waals surface area contributed by atoms with E-state index in [1.54, 1.807) is 0 Å². The molecule has 4 nitrogen and oxygen atoms in total. The Hall–Kier alpha value is -0.150. The van der Waals surface area contributed by atoms with Crippen LogP contribution in [0.4, 0.5) is 0 Å². The zero-order valence-electron chi connectivity index (χ0n) is 6.27. The van der Waals surface area contributed by atoms with Crippen LogP contribution >= 0.6 is 7.82 Å². The fraction of sp³-hybridized carbons (Fsp3) is 0.600. The first-order valence-electron chi connectivity index (χ1n) is 2.65. The van der Waals surface area contributed by atoms with E-state index >= 15 is 0 Å². The van der Waals surface area contributed by atoms with Crippen molar-refractivity contribution in [3.05, 3.63) is 11.6 Å². The Morgan fingerprint density at radius 1 is 1.30 bits per heavy atom. The maximum absolute atomic E-state index is 8.88. The molecule has 10 heavy (non-hydrogen) atoms. The van der Waals surface area contributed by atoms with Crippen LogP contribution in [-0.2, 0) is 4.57 Å². The second-order valence-corrected chi connectivity index (χ2v) is 2.91. The van der Waals surface area contributed by atoms with Gasteiger partial charge in [0.05, 0.1) is 0 Å². The molecule has 3 N–H and O–H groups in total. The number of hydrogen-bond acceptors (Lipinski definition) is 1. The minimum atomic E-state index is -4.64. The second-order valence-electron chi connectivity index (χ2n) is 1.88. The van der Waals surface area contributed by atoms with Crippen LogP contribution in [0.3, 0.4) is 0 Å². The van der Waals surface area contributed by atoms with Crippen LogP contribution in [0, 0.1) is 0 Å². The molecule has 5 heteroatoms. The molecule has 0 rings (SSSR count). The Balaban J connectivity index is 0. The van der Waals surface area contributed by atoms with Crippen LogP contribution < -0.4 is 0 Å². The highest BCUT2D eigenvalue weighted by Gasteiger charge is 2.00. The van der Waals surface area contributed by atoms with Crippen LogP contribution in [0.15, 0.2) is 11.6 Å². The summed E-state index contributed by atoms with van der Waals surface area (Å²) in [5.74, 6) is 0. The minimum absolute atomic E-state index is 1.38. The second kappa shape index (κ2) is 5.62. The Bertz CT molecular complexity index is 133. The molecular formula is C5H13O4P. The Morgan fingerprint density at radius 3 is 1.40 bits per heavy atom. The van der Waals surface area contributed by atoms with Gasteiger partial charge in [0.25, 0.3) is 0 Å². The van der Waals surface area contributed by atoms with E-state index < -0.39 is 7.82 Å². The van der Waals surface area contributed by atoms with E-state index in [9.17, 15) is 0 Å². The molecular weight excluding hydrogens is 155 g/mol. The summed E-state index contributed by atoms with van der Waals surface area (Å²) in [4.78, 5) is 21.6. The number of phosphoric acid groups is 1. The molecule has 0 radical (unpaired) electrons. The molecule has 0 unspecified atom stereocenters. The van der Waals surface area contributed by atoms with Crippen LogP contribution in [0.1, 0.15) is 20.8 Å². The molecule has 0 aromatic rings. The summed E-state index contributed by atoms with van der Waals surface area (Å²) in [6.07, 6.45) is 2.08. The molecule has 0 amide bonds. The van der Waals surface area contributed by atoms with Crippen molar-refractivity contribution in [1.29, 1.82) is 0 Å². The number of rotatable bonds is 0. The van der Waals surface area contributed by atoms with Crippen LogP contribution in [0.25, 0.3) is 0 Å². The first kappa shape index (κ1) is 12.5. The van der Waals surface area contributed by atoms with Gasteiger partial charge in [0.15, 0.2) is 0 Å². The molecule has 0 bridgehead atoms. The highest BCUT2D eigenvalue weighted by atomic mass is 31.2. The molecule has 0 saturated carbocycles. The third-order valence-corrected chi connectivity index (χ3v) is 0.577. The fourth-order valence-corrected chi connectivity index (χ4v) is 0. The van der Waals surface area contributed by atoms with Crippen molar-refractivity contribution in [2.75, 3.05) is 0 Å². The standard InChI is InChI=1S/C5H10.H3O4P/c1-4-5(2)3;1-5(2,3)4/h4H,1-3H3;(H3,1,2,3,4). The first-order valence-corrected chi connectivity index (χ1v) is 4.21. The van der Waals surface area contributed by atoms with Gasteiger partial charge in [0, 0.05) is 0 Å². The quantitative estimate of drug-likeness (QED) is 0.373. The lowest BCUT2D eigenvalue weighted by Crippen LogP contribution is -1.66.